The number of ether oxygens (including phenoxy) is 1. The zero-order chi connectivity index (χ0) is 9.84. The van der Waals surface area contributed by atoms with Gasteiger partial charge in [-0.05, 0) is 12.8 Å². The molecule has 13 heavy (non-hydrogen) atoms. The summed E-state index contributed by atoms with van der Waals surface area (Å²) in [5.41, 5.74) is 0. The van der Waals surface area contributed by atoms with Crippen molar-refractivity contribution < 1.29 is 19.4 Å². The number of amides is 1. The highest BCUT2D eigenvalue weighted by Crippen LogP contribution is 2.28. The van der Waals surface area contributed by atoms with Gasteiger partial charge in [0.05, 0.1) is 13.7 Å². The second-order valence-corrected chi connectivity index (χ2v) is 3.06. The first-order valence-electron chi connectivity index (χ1n) is 4.18. The van der Waals surface area contributed by atoms with Crippen LogP contribution in [0.1, 0.15) is 12.8 Å². The van der Waals surface area contributed by atoms with Crippen LogP contribution in [0.15, 0.2) is 0 Å². The Morgan fingerprint density at radius 2 is 2.23 bits per heavy atom. The minimum absolute atomic E-state index is 0.0675. The van der Waals surface area contributed by atoms with Gasteiger partial charge in [0.1, 0.15) is 0 Å². The minimum atomic E-state index is -1.26. The van der Waals surface area contributed by atoms with Crippen molar-refractivity contribution in [1.82, 2.24) is 5.32 Å². The van der Waals surface area contributed by atoms with Gasteiger partial charge in [0, 0.05) is 5.92 Å². The van der Waals surface area contributed by atoms with E-state index in [-0.39, 0.29) is 18.4 Å². The highest BCUT2D eigenvalue weighted by Gasteiger charge is 2.30. The molecule has 1 aliphatic carbocycles. The van der Waals surface area contributed by atoms with Crippen LogP contribution in [0.3, 0.4) is 0 Å². The van der Waals surface area contributed by atoms with Gasteiger partial charge in [-0.3, -0.25) is 4.79 Å². The first-order valence-corrected chi connectivity index (χ1v) is 4.18. The van der Waals surface area contributed by atoms with E-state index >= 15 is 0 Å². The number of rotatable bonds is 4. The van der Waals surface area contributed by atoms with Crippen LogP contribution in [0.4, 0.5) is 0 Å². The van der Waals surface area contributed by atoms with Crippen LogP contribution in [-0.4, -0.2) is 36.7 Å². The maximum Gasteiger partial charge on any atom is 0.336 e. The topological polar surface area (TPSA) is 75.6 Å². The monoisotopic (exact) mass is 187 g/mol. The second-order valence-electron chi connectivity index (χ2n) is 3.06. The molecule has 1 aliphatic rings. The van der Waals surface area contributed by atoms with E-state index in [0.29, 0.717) is 0 Å². The number of hydrogen-bond donors (Lipinski definition) is 2. The molecule has 5 heteroatoms. The van der Waals surface area contributed by atoms with Crippen molar-refractivity contribution >= 4 is 11.9 Å². The Hall–Kier alpha value is -1.10. The zero-order valence-electron chi connectivity index (χ0n) is 7.45. The number of methoxy groups -OCH3 is 1. The lowest BCUT2D eigenvalue weighted by molar-refractivity contribution is -0.150. The summed E-state index contributed by atoms with van der Waals surface area (Å²) in [5.74, 6) is -0.733. The largest absolute Gasteiger partial charge is 0.467 e. The molecule has 0 aliphatic heterocycles. The number of carbonyl (C=O) groups is 2. The normalized spacial score (nSPS) is 17.7. The number of nitrogens with one attached hydrogen (secondary N) is 1. The molecule has 0 radical (unpaired) electrons. The lowest BCUT2D eigenvalue weighted by Crippen LogP contribution is -2.37. The fourth-order valence-electron chi connectivity index (χ4n) is 0.906. The average molecular weight is 187 g/mol. The SMILES string of the molecule is COC(=O)C(O)CNC(=O)C1CC1. The zero-order valence-corrected chi connectivity index (χ0v) is 7.45. The molecule has 1 rings (SSSR count). The molecule has 0 aromatic carbocycles. The fourth-order valence-corrected chi connectivity index (χ4v) is 0.906. The van der Waals surface area contributed by atoms with E-state index in [4.69, 9.17) is 5.11 Å². The molecule has 1 saturated carbocycles. The molecule has 0 aromatic heterocycles. The number of hydrogen-bond acceptors (Lipinski definition) is 4. The van der Waals surface area contributed by atoms with E-state index in [2.05, 4.69) is 10.1 Å². The van der Waals surface area contributed by atoms with Gasteiger partial charge in [-0.25, -0.2) is 4.79 Å². The van der Waals surface area contributed by atoms with Crippen LogP contribution in [0.2, 0.25) is 0 Å². The molecular formula is C8H13NO4. The highest BCUT2D eigenvalue weighted by atomic mass is 16.5. The van der Waals surface area contributed by atoms with Crippen molar-refractivity contribution in [2.45, 2.75) is 18.9 Å². The predicted molar refractivity (Wildman–Crippen MR) is 43.8 cm³/mol. The molecule has 5 nitrogen and oxygen atoms in total. The predicted octanol–water partition coefficient (Wildman–Crippen LogP) is -0.954. The van der Waals surface area contributed by atoms with Crippen molar-refractivity contribution in [3.8, 4) is 0 Å². The Bertz CT molecular complexity index is 212. The van der Waals surface area contributed by atoms with Gasteiger partial charge in [-0.2, -0.15) is 0 Å². The highest BCUT2D eigenvalue weighted by molar-refractivity contribution is 5.82. The molecule has 1 atom stereocenters. The van der Waals surface area contributed by atoms with Crippen molar-refractivity contribution in [2.24, 2.45) is 5.92 Å². The van der Waals surface area contributed by atoms with E-state index in [1.54, 1.807) is 0 Å². The fraction of sp³-hybridized carbons (Fsp3) is 0.750. The molecule has 74 valence electrons. The van der Waals surface area contributed by atoms with Crippen LogP contribution in [0.5, 0.6) is 0 Å². The number of aliphatic hydroxyl groups is 1. The lowest BCUT2D eigenvalue weighted by Gasteiger charge is -2.08. The van der Waals surface area contributed by atoms with E-state index in [9.17, 15) is 9.59 Å². The van der Waals surface area contributed by atoms with Gasteiger partial charge < -0.3 is 15.2 Å². The average Bonchev–Trinajstić information content (AvgIpc) is 2.95. The molecule has 1 unspecified atom stereocenters. The van der Waals surface area contributed by atoms with Gasteiger partial charge in [-0.1, -0.05) is 0 Å². The van der Waals surface area contributed by atoms with Crippen LogP contribution < -0.4 is 5.32 Å². The summed E-state index contributed by atoms with van der Waals surface area (Å²) in [6.45, 7) is -0.0675. The maximum atomic E-state index is 11.0. The van der Waals surface area contributed by atoms with E-state index in [1.807, 2.05) is 0 Å². The molecule has 1 amide bonds. The van der Waals surface area contributed by atoms with Gasteiger partial charge in [0.25, 0.3) is 0 Å². The third-order valence-corrected chi connectivity index (χ3v) is 1.89. The van der Waals surface area contributed by atoms with Crippen molar-refractivity contribution in [2.75, 3.05) is 13.7 Å². The molecule has 0 heterocycles. The summed E-state index contributed by atoms with van der Waals surface area (Å²) in [5, 5.41) is 11.5. The molecule has 1 fully saturated rings. The van der Waals surface area contributed by atoms with E-state index < -0.39 is 12.1 Å². The first-order chi connectivity index (χ1) is 6.15. The first kappa shape index (κ1) is 9.98. The van der Waals surface area contributed by atoms with E-state index in [0.717, 1.165) is 12.8 Å². The van der Waals surface area contributed by atoms with Crippen LogP contribution in [-0.2, 0) is 14.3 Å². The Labute approximate surface area is 76.1 Å². The van der Waals surface area contributed by atoms with Gasteiger partial charge in [-0.15, -0.1) is 0 Å². The summed E-state index contributed by atoms with van der Waals surface area (Å²) in [6, 6.07) is 0. The van der Waals surface area contributed by atoms with Gasteiger partial charge in [0.2, 0.25) is 5.91 Å². The molecular weight excluding hydrogens is 174 g/mol. The molecule has 2 N–H and O–H groups in total. The quantitative estimate of drug-likeness (QED) is 0.556. The number of carbonyl (C=O) groups excluding carboxylic acids is 2. The maximum absolute atomic E-state index is 11.0. The molecule has 0 bridgehead atoms. The standard InChI is InChI=1S/C8H13NO4/c1-13-8(12)6(10)4-9-7(11)5-2-3-5/h5-6,10H,2-4H2,1H3,(H,9,11). The second kappa shape index (κ2) is 4.23. The van der Waals surface area contributed by atoms with Gasteiger partial charge >= 0.3 is 5.97 Å². The van der Waals surface area contributed by atoms with Crippen molar-refractivity contribution in [1.29, 1.82) is 0 Å². The summed E-state index contributed by atoms with van der Waals surface area (Å²) in [4.78, 5) is 21.7. The Balaban J connectivity index is 2.16. The van der Waals surface area contributed by atoms with Crippen molar-refractivity contribution in [3.63, 3.8) is 0 Å². The molecule has 0 spiro atoms. The van der Waals surface area contributed by atoms with Crippen LogP contribution in [0, 0.1) is 5.92 Å². The summed E-state index contributed by atoms with van der Waals surface area (Å²) >= 11 is 0. The summed E-state index contributed by atoms with van der Waals surface area (Å²) < 4.78 is 4.28. The minimum Gasteiger partial charge on any atom is -0.467 e. The van der Waals surface area contributed by atoms with Crippen molar-refractivity contribution in [3.05, 3.63) is 0 Å². The van der Waals surface area contributed by atoms with Gasteiger partial charge in [0.15, 0.2) is 6.10 Å². The smallest absolute Gasteiger partial charge is 0.336 e. The third-order valence-electron chi connectivity index (χ3n) is 1.89. The van der Waals surface area contributed by atoms with Crippen LogP contribution >= 0.6 is 0 Å². The summed E-state index contributed by atoms with van der Waals surface area (Å²) in [6.07, 6.45) is 0.549. The number of aliphatic hydroxyl groups excluding tert-OH is 1. The molecule has 0 saturated heterocycles. The number of esters is 1. The Kier molecular flexibility index (Phi) is 3.25. The lowest BCUT2D eigenvalue weighted by atomic mass is 10.3. The Morgan fingerprint density at radius 1 is 1.62 bits per heavy atom. The summed E-state index contributed by atoms with van der Waals surface area (Å²) in [7, 11) is 1.19. The molecule has 0 aromatic rings. The van der Waals surface area contributed by atoms with E-state index in [1.165, 1.54) is 7.11 Å². The Morgan fingerprint density at radius 3 is 2.69 bits per heavy atom. The third kappa shape index (κ3) is 3.02. The van der Waals surface area contributed by atoms with Crippen LogP contribution in [0.25, 0.3) is 0 Å².